The summed E-state index contributed by atoms with van der Waals surface area (Å²) >= 11 is 3.02. The van der Waals surface area contributed by atoms with E-state index in [9.17, 15) is 8.78 Å². The molecular formula is C46H30F2N8S2. The smallest absolute Gasteiger partial charge is 0.134 e. The summed E-state index contributed by atoms with van der Waals surface area (Å²) in [5.41, 5.74) is 9.82. The first-order valence-electron chi connectivity index (χ1n) is 18.4. The van der Waals surface area contributed by atoms with Crippen LogP contribution >= 0.6 is 22.7 Å². The van der Waals surface area contributed by atoms with Crippen LogP contribution in [-0.4, -0.2) is 29.1 Å². The molecule has 10 rings (SSSR count). The number of nitriles is 2. The summed E-state index contributed by atoms with van der Waals surface area (Å²) in [6.07, 6.45) is 9.37. The van der Waals surface area contributed by atoms with Crippen LogP contribution in [0.4, 0.5) is 8.78 Å². The normalized spacial score (nSPS) is 11.2. The third kappa shape index (κ3) is 6.96. The zero-order valence-corrected chi connectivity index (χ0v) is 32.3. The van der Waals surface area contributed by atoms with Crippen molar-refractivity contribution in [2.24, 2.45) is 0 Å². The molecule has 0 aliphatic carbocycles. The molecular weight excluding hydrogens is 767 g/mol. The molecule has 0 saturated heterocycles. The summed E-state index contributed by atoms with van der Waals surface area (Å²) < 4.78 is 33.4. The standard InChI is InChI=1S/2C23H15FN4S/c2*24-19-12-20-18(11-17(19)22-4-2-10-29-22)23-21(13-26-20)27-14-28(23)16-7-5-15(6-8-16)3-1-9-25/h2*2,4-8,10-14H,1,3H2. The molecule has 6 aromatic heterocycles. The molecule has 0 radical (unpaired) electrons. The van der Waals surface area contributed by atoms with E-state index >= 15 is 0 Å². The predicted octanol–water partition coefficient (Wildman–Crippen LogP) is 11.8. The Bertz CT molecular complexity index is 2940. The second-order valence-corrected chi connectivity index (χ2v) is 15.4. The number of hydrogen-bond donors (Lipinski definition) is 0. The van der Waals surface area contributed by atoms with Crippen molar-refractivity contribution in [1.29, 1.82) is 10.5 Å². The van der Waals surface area contributed by atoms with Crippen LogP contribution in [0.3, 0.4) is 0 Å². The first-order valence-corrected chi connectivity index (χ1v) is 20.2. The van der Waals surface area contributed by atoms with Gasteiger partial charge in [0.1, 0.15) is 35.3 Å². The van der Waals surface area contributed by atoms with Gasteiger partial charge in [0.05, 0.1) is 46.6 Å². The molecule has 280 valence electrons. The highest BCUT2D eigenvalue weighted by Gasteiger charge is 2.17. The van der Waals surface area contributed by atoms with Crippen LogP contribution in [0.15, 0.2) is 133 Å². The van der Waals surface area contributed by atoms with Crippen molar-refractivity contribution in [3.05, 3.63) is 156 Å². The third-order valence-corrected chi connectivity index (χ3v) is 11.8. The second-order valence-electron chi connectivity index (χ2n) is 13.5. The molecule has 4 aromatic carbocycles. The third-order valence-electron chi connectivity index (χ3n) is 9.98. The van der Waals surface area contributed by atoms with E-state index in [1.807, 2.05) is 105 Å². The van der Waals surface area contributed by atoms with Gasteiger partial charge in [-0.05, 0) is 83.3 Å². The van der Waals surface area contributed by atoms with E-state index in [2.05, 4.69) is 32.1 Å². The Labute approximate surface area is 339 Å². The predicted molar refractivity (Wildman–Crippen MR) is 227 cm³/mol. The van der Waals surface area contributed by atoms with Crippen molar-refractivity contribution in [3.8, 4) is 44.4 Å². The lowest BCUT2D eigenvalue weighted by molar-refractivity contribution is 0.633. The minimum Gasteiger partial charge on any atom is -0.298 e. The highest BCUT2D eigenvalue weighted by Crippen LogP contribution is 2.35. The van der Waals surface area contributed by atoms with Gasteiger partial charge in [-0.1, -0.05) is 36.4 Å². The lowest BCUT2D eigenvalue weighted by Crippen LogP contribution is -1.95. The fourth-order valence-corrected chi connectivity index (χ4v) is 8.60. The number of halogens is 2. The number of fused-ring (bicyclic) bond motifs is 6. The first-order chi connectivity index (χ1) is 28.5. The average Bonchev–Trinajstić information content (AvgIpc) is 4.10. The Hall–Kier alpha value is -7.12. The van der Waals surface area contributed by atoms with Gasteiger partial charge in [-0.3, -0.25) is 19.1 Å². The van der Waals surface area contributed by atoms with E-state index in [1.165, 1.54) is 34.8 Å². The molecule has 0 unspecified atom stereocenters. The molecule has 6 heterocycles. The van der Waals surface area contributed by atoms with Gasteiger partial charge < -0.3 is 0 Å². The number of pyridine rings is 2. The highest BCUT2D eigenvalue weighted by atomic mass is 32.1. The van der Waals surface area contributed by atoms with E-state index in [0.29, 0.717) is 35.0 Å². The van der Waals surface area contributed by atoms with Gasteiger partial charge in [0.25, 0.3) is 0 Å². The lowest BCUT2D eigenvalue weighted by atomic mass is 10.1. The molecule has 0 bridgehead atoms. The van der Waals surface area contributed by atoms with Gasteiger partial charge in [-0.15, -0.1) is 22.7 Å². The summed E-state index contributed by atoms with van der Waals surface area (Å²) in [5.74, 6) is -0.556. The maximum atomic E-state index is 14.7. The zero-order valence-electron chi connectivity index (χ0n) is 30.7. The van der Waals surface area contributed by atoms with Crippen molar-refractivity contribution in [3.63, 3.8) is 0 Å². The zero-order chi connectivity index (χ0) is 39.6. The van der Waals surface area contributed by atoms with Crippen LogP contribution in [-0.2, 0) is 12.8 Å². The second kappa shape index (κ2) is 15.8. The Morgan fingerprint density at radius 3 is 1.34 bits per heavy atom. The summed E-state index contributed by atoms with van der Waals surface area (Å²) in [7, 11) is 0. The van der Waals surface area contributed by atoms with E-state index in [-0.39, 0.29) is 11.6 Å². The topological polar surface area (TPSA) is 109 Å². The number of benzene rings is 4. The molecule has 10 aromatic rings. The van der Waals surface area contributed by atoms with E-state index in [0.717, 1.165) is 77.9 Å². The first kappa shape index (κ1) is 36.5. The molecule has 58 heavy (non-hydrogen) atoms. The number of imidazole rings is 2. The van der Waals surface area contributed by atoms with E-state index in [1.54, 1.807) is 25.0 Å². The van der Waals surface area contributed by atoms with Crippen LogP contribution in [0.2, 0.25) is 0 Å². The van der Waals surface area contributed by atoms with Crippen LogP contribution in [0.1, 0.15) is 24.0 Å². The number of nitrogens with zero attached hydrogens (tertiary/aromatic N) is 8. The molecule has 0 aliphatic heterocycles. The maximum absolute atomic E-state index is 14.7. The molecule has 0 spiro atoms. The average molecular weight is 797 g/mol. The van der Waals surface area contributed by atoms with Gasteiger partial charge in [-0.2, -0.15) is 10.5 Å². The van der Waals surface area contributed by atoms with Crippen LogP contribution in [0.5, 0.6) is 0 Å². The Kier molecular flexibility index (Phi) is 9.94. The molecule has 0 amide bonds. The van der Waals surface area contributed by atoms with Gasteiger partial charge in [0.2, 0.25) is 0 Å². The molecule has 12 heteroatoms. The van der Waals surface area contributed by atoms with Crippen molar-refractivity contribution < 1.29 is 8.78 Å². The Balaban J connectivity index is 0.000000150. The van der Waals surface area contributed by atoms with Gasteiger partial charge in [0.15, 0.2) is 0 Å². The number of hydrogen-bond acceptors (Lipinski definition) is 8. The van der Waals surface area contributed by atoms with Crippen molar-refractivity contribution in [2.75, 3.05) is 0 Å². The number of aryl methyl sites for hydroxylation is 2. The fraction of sp³-hybridized carbons (Fsp3) is 0.0870. The molecule has 0 saturated carbocycles. The van der Waals surface area contributed by atoms with Crippen molar-refractivity contribution in [1.82, 2.24) is 29.1 Å². The van der Waals surface area contributed by atoms with Crippen molar-refractivity contribution in [2.45, 2.75) is 25.7 Å². The molecule has 0 atom stereocenters. The van der Waals surface area contributed by atoms with Gasteiger partial charge >= 0.3 is 0 Å². The molecule has 0 N–H and O–H groups in total. The summed E-state index contributed by atoms with van der Waals surface area (Å²) in [6.45, 7) is 0. The van der Waals surface area contributed by atoms with Crippen molar-refractivity contribution >= 4 is 66.5 Å². The molecule has 8 nitrogen and oxygen atoms in total. The Morgan fingerprint density at radius 2 is 0.966 bits per heavy atom. The van der Waals surface area contributed by atoms with Crippen LogP contribution in [0, 0.1) is 34.3 Å². The van der Waals surface area contributed by atoms with E-state index < -0.39 is 0 Å². The van der Waals surface area contributed by atoms with E-state index in [4.69, 9.17) is 10.5 Å². The van der Waals surface area contributed by atoms with Gasteiger partial charge in [-0.25, -0.2) is 18.7 Å². The monoisotopic (exact) mass is 796 g/mol. The number of rotatable bonds is 8. The number of thiophene rings is 2. The van der Waals surface area contributed by atoms with Gasteiger partial charge in [0, 0.05) is 68.0 Å². The lowest BCUT2D eigenvalue weighted by Gasteiger charge is -2.09. The van der Waals surface area contributed by atoms with Crippen LogP contribution < -0.4 is 0 Å². The largest absolute Gasteiger partial charge is 0.298 e. The summed E-state index contributed by atoms with van der Waals surface area (Å²) in [6, 6.07) is 34.9. The maximum Gasteiger partial charge on any atom is 0.134 e. The minimum absolute atomic E-state index is 0.278. The summed E-state index contributed by atoms with van der Waals surface area (Å²) in [5, 5.41) is 23.1. The SMILES string of the molecule is N#CCCc1ccc(-n2cnc3cnc4cc(F)c(-c5cccs5)cc4c32)cc1.N#CCCc1ccc(-n2cnc3cnc4cc(F)c(-c5cccs5)cc4c32)cc1. The fourth-order valence-electron chi connectivity index (χ4n) is 7.11. The van der Waals surface area contributed by atoms with Crippen LogP contribution in [0.25, 0.3) is 76.1 Å². The molecule has 0 aliphatic rings. The Morgan fingerprint density at radius 1 is 0.534 bits per heavy atom. The minimum atomic E-state index is -0.278. The highest BCUT2D eigenvalue weighted by molar-refractivity contribution is 7.13. The quantitative estimate of drug-likeness (QED) is 0.151. The number of aromatic nitrogens is 6. The molecule has 0 fully saturated rings. The summed E-state index contributed by atoms with van der Waals surface area (Å²) in [4.78, 5) is 19.6.